The Morgan fingerprint density at radius 2 is 1.89 bits per heavy atom. The molecule has 0 atom stereocenters. The topological polar surface area (TPSA) is 72.6 Å². The van der Waals surface area contributed by atoms with Crippen molar-refractivity contribution in [2.45, 2.75) is 33.3 Å². The van der Waals surface area contributed by atoms with Crippen molar-refractivity contribution >= 4 is 17.6 Å². The summed E-state index contributed by atoms with van der Waals surface area (Å²) >= 11 is 5.94. The van der Waals surface area contributed by atoms with E-state index in [2.05, 4.69) is 4.98 Å². The molecule has 0 aliphatic rings. The summed E-state index contributed by atoms with van der Waals surface area (Å²) in [7, 11) is 0. The summed E-state index contributed by atoms with van der Waals surface area (Å²) in [6.07, 6.45) is 2.02. The first-order chi connectivity index (χ1) is 13.0. The normalized spacial score (nSPS) is 10.8. The lowest BCUT2D eigenvalue weighted by Gasteiger charge is -2.14. The van der Waals surface area contributed by atoms with Crippen molar-refractivity contribution in [1.29, 1.82) is 0 Å². The Morgan fingerprint density at radius 3 is 2.59 bits per heavy atom. The van der Waals surface area contributed by atoms with Crippen molar-refractivity contribution in [3.8, 4) is 17.1 Å². The average Bonchev–Trinajstić information content (AvgIpc) is 3.11. The molecule has 0 fully saturated rings. The predicted molar refractivity (Wildman–Crippen MR) is 103 cm³/mol. The second kappa shape index (κ2) is 8.27. The summed E-state index contributed by atoms with van der Waals surface area (Å²) < 4.78 is 11.5. The molecule has 5 nitrogen and oxygen atoms in total. The van der Waals surface area contributed by atoms with Crippen molar-refractivity contribution in [3.05, 3.63) is 70.2 Å². The lowest BCUT2D eigenvalue weighted by atomic mass is 9.99. The fraction of sp³-hybridized carbons (Fsp3) is 0.238. The summed E-state index contributed by atoms with van der Waals surface area (Å²) in [5, 5.41) is 9.52. The van der Waals surface area contributed by atoms with E-state index in [9.17, 15) is 4.79 Å². The zero-order chi connectivity index (χ0) is 19.4. The van der Waals surface area contributed by atoms with E-state index in [-0.39, 0.29) is 13.0 Å². The number of hydrogen-bond donors (Lipinski definition) is 1. The van der Waals surface area contributed by atoms with Crippen LogP contribution in [0.5, 0.6) is 5.75 Å². The summed E-state index contributed by atoms with van der Waals surface area (Å²) in [5.74, 6) is 0.601. The zero-order valence-electron chi connectivity index (χ0n) is 15.2. The molecule has 0 radical (unpaired) electrons. The number of aromatic nitrogens is 1. The second-order valence-corrected chi connectivity index (χ2v) is 6.73. The van der Waals surface area contributed by atoms with Crippen LogP contribution in [0.1, 0.15) is 28.8 Å². The van der Waals surface area contributed by atoms with Crippen LogP contribution in [0.25, 0.3) is 11.3 Å². The van der Waals surface area contributed by atoms with Crippen molar-refractivity contribution in [2.75, 3.05) is 0 Å². The van der Waals surface area contributed by atoms with Crippen molar-refractivity contribution in [2.24, 2.45) is 0 Å². The van der Waals surface area contributed by atoms with Gasteiger partial charge < -0.3 is 14.3 Å². The van der Waals surface area contributed by atoms with Crippen LogP contribution in [-0.4, -0.2) is 16.1 Å². The molecular formula is C21H20ClNO4. The standard InChI is InChI=1S/C21H20ClNO4/c1-13-14(2)19(9-5-15(13)6-10-20(24)25)26-11-18-21(27-12-23-18)16-3-7-17(22)8-4-16/h3-5,7-9,12H,6,10-11H2,1-2H3,(H,24,25). The number of carboxylic acid groups (broad SMARTS) is 1. The van der Waals surface area contributed by atoms with Gasteiger partial charge in [-0.15, -0.1) is 0 Å². The maximum Gasteiger partial charge on any atom is 0.303 e. The Labute approximate surface area is 162 Å². The van der Waals surface area contributed by atoms with Gasteiger partial charge in [-0.3, -0.25) is 4.79 Å². The van der Waals surface area contributed by atoms with E-state index in [4.69, 9.17) is 25.9 Å². The smallest absolute Gasteiger partial charge is 0.303 e. The molecule has 0 aliphatic carbocycles. The third kappa shape index (κ3) is 4.49. The van der Waals surface area contributed by atoms with E-state index in [1.165, 1.54) is 6.39 Å². The Balaban J connectivity index is 1.74. The molecule has 1 aromatic heterocycles. The molecule has 0 aliphatic heterocycles. The van der Waals surface area contributed by atoms with Crippen LogP contribution in [0.2, 0.25) is 5.02 Å². The van der Waals surface area contributed by atoms with Crippen LogP contribution >= 0.6 is 11.6 Å². The molecule has 1 heterocycles. The molecule has 2 aromatic carbocycles. The van der Waals surface area contributed by atoms with Gasteiger partial charge in [-0.25, -0.2) is 4.98 Å². The number of nitrogens with zero attached hydrogens (tertiary/aromatic N) is 1. The van der Waals surface area contributed by atoms with Crippen molar-refractivity contribution in [3.63, 3.8) is 0 Å². The highest BCUT2D eigenvalue weighted by Gasteiger charge is 2.14. The molecule has 1 N–H and O–H groups in total. The maximum absolute atomic E-state index is 10.8. The van der Waals surface area contributed by atoms with Crippen LogP contribution in [0.3, 0.4) is 0 Å². The number of aryl methyl sites for hydroxylation is 1. The molecule has 27 heavy (non-hydrogen) atoms. The number of carboxylic acids is 1. The summed E-state index contributed by atoms with van der Waals surface area (Å²) in [5.41, 5.74) is 4.64. The molecule has 0 amide bonds. The Hall–Kier alpha value is -2.79. The quantitative estimate of drug-likeness (QED) is 0.604. The highest BCUT2D eigenvalue weighted by atomic mass is 35.5. The number of rotatable bonds is 7. The first kappa shape index (κ1) is 19.0. The molecule has 0 bridgehead atoms. The van der Waals surface area contributed by atoms with Gasteiger partial charge >= 0.3 is 5.97 Å². The van der Waals surface area contributed by atoms with E-state index >= 15 is 0 Å². The SMILES string of the molecule is Cc1c(CCC(=O)O)ccc(OCc2ncoc2-c2ccc(Cl)cc2)c1C. The summed E-state index contributed by atoms with van der Waals surface area (Å²) in [4.78, 5) is 15.0. The van der Waals surface area contributed by atoms with Gasteiger partial charge in [-0.05, 0) is 67.3 Å². The predicted octanol–water partition coefficient (Wildman–Crippen LogP) is 5.21. The Bertz CT molecular complexity index is 947. The minimum atomic E-state index is -0.798. The number of hydrogen-bond acceptors (Lipinski definition) is 4. The first-order valence-corrected chi connectivity index (χ1v) is 8.95. The molecule has 0 saturated heterocycles. The highest BCUT2D eigenvalue weighted by molar-refractivity contribution is 6.30. The van der Waals surface area contributed by atoms with Gasteiger partial charge in [0.2, 0.25) is 0 Å². The third-order valence-electron chi connectivity index (χ3n) is 4.57. The minimum absolute atomic E-state index is 0.115. The number of aliphatic carboxylic acids is 1. The van der Waals surface area contributed by atoms with Crippen LogP contribution < -0.4 is 4.74 Å². The van der Waals surface area contributed by atoms with E-state index in [0.717, 1.165) is 28.0 Å². The zero-order valence-corrected chi connectivity index (χ0v) is 15.9. The van der Waals surface area contributed by atoms with E-state index < -0.39 is 5.97 Å². The largest absolute Gasteiger partial charge is 0.487 e. The van der Waals surface area contributed by atoms with Gasteiger partial charge in [0.15, 0.2) is 12.2 Å². The third-order valence-corrected chi connectivity index (χ3v) is 4.82. The van der Waals surface area contributed by atoms with Gasteiger partial charge in [0.25, 0.3) is 0 Å². The fourth-order valence-electron chi connectivity index (χ4n) is 2.87. The van der Waals surface area contributed by atoms with Gasteiger partial charge in [0, 0.05) is 17.0 Å². The van der Waals surface area contributed by atoms with Crippen molar-refractivity contribution < 1.29 is 19.1 Å². The lowest BCUT2D eigenvalue weighted by Crippen LogP contribution is -2.03. The number of carbonyl (C=O) groups is 1. The summed E-state index contributed by atoms with van der Waals surface area (Å²) in [6.45, 7) is 4.22. The molecule has 6 heteroatoms. The van der Waals surface area contributed by atoms with E-state index in [1.807, 2.05) is 38.1 Å². The first-order valence-electron chi connectivity index (χ1n) is 8.57. The maximum atomic E-state index is 10.8. The monoisotopic (exact) mass is 385 g/mol. The van der Waals surface area contributed by atoms with Crippen LogP contribution in [0.15, 0.2) is 47.2 Å². The molecule has 0 unspecified atom stereocenters. The summed E-state index contributed by atoms with van der Waals surface area (Å²) in [6, 6.07) is 11.1. The van der Waals surface area contributed by atoms with Gasteiger partial charge in [0.05, 0.1) is 0 Å². The molecule has 3 aromatic rings. The number of oxazole rings is 1. The number of halogens is 1. The van der Waals surface area contributed by atoms with Gasteiger partial charge in [-0.1, -0.05) is 17.7 Å². The molecule has 140 valence electrons. The van der Waals surface area contributed by atoms with Gasteiger partial charge in [0.1, 0.15) is 18.1 Å². The molecule has 0 saturated carbocycles. The average molecular weight is 386 g/mol. The minimum Gasteiger partial charge on any atom is -0.487 e. The van der Waals surface area contributed by atoms with E-state index in [1.54, 1.807) is 12.1 Å². The second-order valence-electron chi connectivity index (χ2n) is 6.29. The van der Waals surface area contributed by atoms with Crippen LogP contribution in [0.4, 0.5) is 0 Å². The number of ether oxygens (including phenoxy) is 1. The van der Waals surface area contributed by atoms with Gasteiger partial charge in [-0.2, -0.15) is 0 Å². The van der Waals surface area contributed by atoms with Crippen LogP contribution in [-0.2, 0) is 17.8 Å². The lowest BCUT2D eigenvalue weighted by molar-refractivity contribution is -0.136. The number of benzene rings is 2. The van der Waals surface area contributed by atoms with E-state index in [0.29, 0.717) is 22.9 Å². The Kier molecular flexibility index (Phi) is 5.81. The molecular weight excluding hydrogens is 366 g/mol. The molecule has 0 spiro atoms. The highest BCUT2D eigenvalue weighted by Crippen LogP contribution is 2.28. The van der Waals surface area contributed by atoms with Crippen LogP contribution in [0, 0.1) is 13.8 Å². The molecule has 3 rings (SSSR count). The van der Waals surface area contributed by atoms with Crippen molar-refractivity contribution in [1.82, 2.24) is 4.98 Å². The Morgan fingerprint density at radius 1 is 1.15 bits per heavy atom. The fourth-order valence-corrected chi connectivity index (χ4v) is 3.00.